The van der Waals surface area contributed by atoms with Crippen molar-refractivity contribution in [3.8, 4) is 11.5 Å². The van der Waals surface area contributed by atoms with Gasteiger partial charge in [-0.25, -0.2) is 4.39 Å². The Morgan fingerprint density at radius 3 is 2.43 bits per heavy atom. The van der Waals surface area contributed by atoms with Gasteiger partial charge < -0.3 is 14.8 Å². The number of benzene rings is 2. The second-order valence-electron chi connectivity index (χ2n) is 4.50. The summed E-state index contributed by atoms with van der Waals surface area (Å²) < 4.78 is 24.6. The minimum atomic E-state index is -0.286. The van der Waals surface area contributed by atoms with Crippen molar-refractivity contribution in [1.82, 2.24) is 5.32 Å². The molecule has 0 radical (unpaired) electrons. The molecule has 5 heteroatoms. The Kier molecular flexibility index (Phi) is 5.20. The summed E-state index contributed by atoms with van der Waals surface area (Å²) in [5.74, 6) is 1.20. The van der Waals surface area contributed by atoms with Gasteiger partial charge in [-0.15, -0.1) is 0 Å². The largest absolute Gasteiger partial charge is 0.497 e. The van der Waals surface area contributed by atoms with Gasteiger partial charge in [-0.1, -0.05) is 6.07 Å². The quantitative estimate of drug-likeness (QED) is 0.883. The molecule has 3 nitrogen and oxygen atoms in total. The molecular formula is C16H17BrFNO2. The first-order valence-electron chi connectivity index (χ1n) is 6.44. The van der Waals surface area contributed by atoms with E-state index in [1.807, 2.05) is 25.2 Å². The van der Waals surface area contributed by atoms with Gasteiger partial charge in [0.25, 0.3) is 0 Å². The van der Waals surface area contributed by atoms with Crippen LogP contribution in [0.3, 0.4) is 0 Å². The number of ether oxygens (including phenoxy) is 2. The Hall–Kier alpha value is -1.59. The first-order valence-corrected chi connectivity index (χ1v) is 7.24. The topological polar surface area (TPSA) is 30.5 Å². The fourth-order valence-electron chi connectivity index (χ4n) is 2.26. The zero-order chi connectivity index (χ0) is 15.4. The molecule has 0 aromatic heterocycles. The summed E-state index contributed by atoms with van der Waals surface area (Å²) in [5, 5.41) is 3.23. The van der Waals surface area contributed by atoms with Crippen LogP contribution in [0.2, 0.25) is 0 Å². The first-order chi connectivity index (χ1) is 10.1. The second-order valence-corrected chi connectivity index (χ2v) is 5.36. The molecule has 0 heterocycles. The summed E-state index contributed by atoms with van der Waals surface area (Å²) in [5.41, 5.74) is 1.86. The number of halogens is 2. The van der Waals surface area contributed by atoms with Crippen LogP contribution < -0.4 is 14.8 Å². The van der Waals surface area contributed by atoms with Crippen LogP contribution in [0.4, 0.5) is 4.39 Å². The van der Waals surface area contributed by atoms with Crippen LogP contribution in [0, 0.1) is 5.82 Å². The minimum absolute atomic E-state index is 0.132. The van der Waals surface area contributed by atoms with E-state index in [4.69, 9.17) is 9.47 Å². The third kappa shape index (κ3) is 3.36. The van der Waals surface area contributed by atoms with Gasteiger partial charge in [-0.3, -0.25) is 0 Å². The predicted octanol–water partition coefficient (Wildman–Crippen LogP) is 3.91. The van der Waals surface area contributed by atoms with Crippen LogP contribution in [0.15, 0.2) is 40.9 Å². The minimum Gasteiger partial charge on any atom is -0.497 e. The van der Waals surface area contributed by atoms with Crippen molar-refractivity contribution in [1.29, 1.82) is 0 Å². The average molecular weight is 354 g/mol. The summed E-state index contributed by atoms with van der Waals surface area (Å²) in [4.78, 5) is 0. The van der Waals surface area contributed by atoms with E-state index in [0.29, 0.717) is 4.47 Å². The molecule has 21 heavy (non-hydrogen) atoms. The van der Waals surface area contributed by atoms with Crippen molar-refractivity contribution in [2.75, 3.05) is 21.3 Å². The number of hydrogen-bond donors (Lipinski definition) is 1. The molecule has 0 aliphatic rings. The first kappa shape index (κ1) is 15.8. The van der Waals surface area contributed by atoms with E-state index in [-0.39, 0.29) is 11.9 Å². The van der Waals surface area contributed by atoms with E-state index in [1.54, 1.807) is 26.4 Å². The monoisotopic (exact) mass is 353 g/mol. The maximum atomic E-state index is 13.4. The molecule has 0 saturated carbocycles. The van der Waals surface area contributed by atoms with Crippen LogP contribution in [0.1, 0.15) is 17.2 Å². The standard InChI is InChI=1S/C16H17BrFNO2/c1-19-16(10-4-6-14(18)13(17)8-10)12-9-11(20-2)5-7-15(12)21-3/h4-9,16,19H,1-3H3. The highest BCUT2D eigenvalue weighted by Gasteiger charge is 2.18. The maximum absolute atomic E-state index is 13.4. The summed E-state index contributed by atoms with van der Waals surface area (Å²) in [6.07, 6.45) is 0. The number of hydrogen-bond acceptors (Lipinski definition) is 3. The zero-order valence-electron chi connectivity index (χ0n) is 12.1. The molecule has 1 N–H and O–H groups in total. The van der Waals surface area contributed by atoms with E-state index < -0.39 is 0 Å². The summed E-state index contributed by atoms with van der Waals surface area (Å²) in [7, 11) is 5.09. The highest BCUT2D eigenvalue weighted by molar-refractivity contribution is 9.10. The highest BCUT2D eigenvalue weighted by Crippen LogP contribution is 2.34. The van der Waals surface area contributed by atoms with Gasteiger partial charge in [0.05, 0.1) is 24.7 Å². The van der Waals surface area contributed by atoms with E-state index in [1.165, 1.54) is 6.07 Å². The van der Waals surface area contributed by atoms with Crippen LogP contribution in [0.5, 0.6) is 11.5 Å². The SMILES string of the molecule is CNC(c1ccc(F)c(Br)c1)c1cc(OC)ccc1OC. The third-order valence-electron chi connectivity index (χ3n) is 3.31. The third-order valence-corrected chi connectivity index (χ3v) is 3.92. The van der Waals surface area contributed by atoms with Gasteiger partial charge in [0, 0.05) is 5.56 Å². The van der Waals surface area contributed by atoms with Crippen LogP contribution >= 0.6 is 15.9 Å². The Morgan fingerprint density at radius 2 is 1.86 bits per heavy atom. The van der Waals surface area contributed by atoms with Gasteiger partial charge >= 0.3 is 0 Å². The molecule has 0 aliphatic heterocycles. The lowest BCUT2D eigenvalue weighted by molar-refractivity contribution is 0.395. The lowest BCUT2D eigenvalue weighted by Gasteiger charge is -2.21. The molecule has 2 aromatic rings. The van der Waals surface area contributed by atoms with Crippen molar-refractivity contribution in [2.45, 2.75) is 6.04 Å². The summed E-state index contributed by atoms with van der Waals surface area (Å²) in [6, 6.07) is 10.4. The van der Waals surface area contributed by atoms with Crippen molar-refractivity contribution in [2.24, 2.45) is 0 Å². The van der Waals surface area contributed by atoms with Gasteiger partial charge in [0.1, 0.15) is 17.3 Å². The van der Waals surface area contributed by atoms with E-state index in [0.717, 1.165) is 22.6 Å². The Bertz CT molecular complexity index is 634. The second kappa shape index (κ2) is 6.91. The normalized spacial score (nSPS) is 12.0. The van der Waals surface area contributed by atoms with Crippen molar-refractivity contribution >= 4 is 15.9 Å². The molecule has 0 bridgehead atoms. The van der Waals surface area contributed by atoms with E-state index >= 15 is 0 Å². The molecule has 0 spiro atoms. The van der Waals surface area contributed by atoms with Gasteiger partial charge in [0.15, 0.2) is 0 Å². The molecule has 0 amide bonds. The maximum Gasteiger partial charge on any atom is 0.137 e. The molecule has 2 aromatic carbocycles. The smallest absolute Gasteiger partial charge is 0.137 e. The lowest BCUT2D eigenvalue weighted by atomic mass is 9.97. The number of methoxy groups -OCH3 is 2. The fraction of sp³-hybridized carbons (Fsp3) is 0.250. The number of nitrogens with one attached hydrogen (secondary N) is 1. The lowest BCUT2D eigenvalue weighted by Crippen LogP contribution is -2.18. The molecule has 0 aliphatic carbocycles. The molecule has 1 unspecified atom stereocenters. The summed E-state index contributed by atoms with van der Waals surface area (Å²) >= 11 is 3.22. The Labute approximate surface area is 132 Å². The molecule has 1 atom stereocenters. The summed E-state index contributed by atoms with van der Waals surface area (Å²) in [6.45, 7) is 0. The molecule has 0 saturated heterocycles. The molecule has 2 rings (SSSR count). The van der Waals surface area contributed by atoms with Crippen LogP contribution in [-0.2, 0) is 0 Å². The van der Waals surface area contributed by atoms with Crippen LogP contribution in [-0.4, -0.2) is 21.3 Å². The predicted molar refractivity (Wildman–Crippen MR) is 84.5 cm³/mol. The average Bonchev–Trinajstić information content (AvgIpc) is 2.51. The van der Waals surface area contributed by atoms with Crippen molar-refractivity contribution in [3.05, 3.63) is 57.8 Å². The Morgan fingerprint density at radius 1 is 1.10 bits per heavy atom. The Balaban J connectivity index is 2.51. The number of rotatable bonds is 5. The van der Waals surface area contributed by atoms with E-state index in [2.05, 4.69) is 21.2 Å². The molecule has 0 fully saturated rings. The van der Waals surface area contributed by atoms with Gasteiger partial charge in [-0.2, -0.15) is 0 Å². The molecular weight excluding hydrogens is 337 g/mol. The molecule has 112 valence electrons. The van der Waals surface area contributed by atoms with Crippen molar-refractivity contribution < 1.29 is 13.9 Å². The zero-order valence-corrected chi connectivity index (χ0v) is 13.7. The fourth-order valence-corrected chi connectivity index (χ4v) is 2.66. The van der Waals surface area contributed by atoms with Gasteiger partial charge in [-0.05, 0) is 58.9 Å². The van der Waals surface area contributed by atoms with Crippen LogP contribution in [0.25, 0.3) is 0 Å². The van der Waals surface area contributed by atoms with Crippen molar-refractivity contribution in [3.63, 3.8) is 0 Å². The van der Waals surface area contributed by atoms with Gasteiger partial charge in [0.2, 0.25) is 0 Å². The van der Waals surface area contributed by atoms with E-state index in [9.17, 15) is 4.39 Å². The highest BCUT2D eigenvalue weighted by atomic mass is 79.9.